The van der Waals surface area contributed by atoms with Crippen LogP contribution in [0, 0.1) is 10.5 Å². The van der Waals surface area contributed by atoms with Crippen molar-refractivity contribution in [2.75, 3.05) is 12.4 Å². The van der Waals surface area contributed by atoms with Crippen LogP contribution in [0.2, 0.25) is 0 Å². The topological polar surface area (TPSA) is 47.6 Å². The van der Waals surface area contributed by atoms with E-state index >= 15 is 0 Å². The van der Waals surface area contributed by atoms with Gasteiger partial charge in [-0.15, -0.1) is 0 Å². The summed E-state index contributed by atoms with van der Waals surface area (Å²) in [5, 5.41) is 2.89. The number of rotatable bonds is 6. The van der Waals surface area contributed by atoms with Gasteiger partial charge in [0.1, 0.15) is 0 Å². The Morgan fingerprint density at radius 2 is 1.92 bits per heavy atom. The number of ether oxygens (including phenoxy) is 2. The molecule has 4 nitrogen and oxygen atoms in total. The lowest BCUT2D eigenvalue weighted by atomic mass is 10.1. The van der Waals surface area contributed by atoms with Gasteiger partial charge in [-0.25, -0.2) is 0 Å². The van der Waals surface area contributed by atoms with Crippen LogP contribution in [-0.4, -0.2) is 19.1 Å². The predicted octanol–water partition coefficient (Wildman–Crippen LogP) is 5.05. The smallest absolute Gasteiger partial charge is 0.248 e. The second kappa shape index (κ2) is 8.89. The molecule has 0 saturated heterocycles. The van der Waals surface area contributed by atoms with Gasteiger partial charge in [0.15, 0.2) is 11.5 Å². The summed E-state index contributed by atoms with van der Waals surface area (Å²) in [4.78, 5) is 12.1. The van der Waals surface area contributed by atoms with Crippen molar-refractivity contribution >= 4 is 40.3 Å². The van der Waals surface area contributed by atoms with Gasteiger partial charge in [-0.3, -0.25) is 4.79 Å². The SMILES string of the molecule is COc1cc(C=CC(=O)Nc2ccc(I)cc2C)ccc1OC(C)C. The number of halogens is 1. The van der Waals surface area contributed by atoms with Gasteiger partial charge in [0.05, 0.1) is 13.2 Å². The Kier molecular flexibility index (Phi) is 6.87. The van der Waals surface area contributed by atoms with Gasteiger partial charge in [0.2, 0.25) is 5.91 Å². The van der Waals surface area contributed by atoms with Crippen LogP contribution in [0.4, 0.5) is 5.69 Å². The Balaban J connectivity index is 2.08. The van der Waals surface area contributed by atoms with E-state index in [1.54, 1.807) is 13.2 Å². The first kappa shape index (κ1) is 19.3. The van der Waals surface area contributed by atoms with Crippen LogP contribution in [0.15, 0.2) is 42.5 Å². The highest BCUT2D eigenvalue weighted by Gasteiger charge is 2.07. The summed E-state index contributed by atoms with van der Waals surface area (Å²) < 4.78 is 12.2. The molecule has 2 rings (SSSR count). The molecule has 2 aromatic rings. The van der Waals surface area contributed by atoms with Gasteiger partial charge in [-0.05, 0) is 90.9 Å². The second-order valence-electron chi connectivity index (χ2n) is 5.86. The van der Waals surface area contributed by atoms with Crippen LogP contribution >= 0.6 is 22.6 Å². The number of aryl methyl sites for hydroxylation is 1. The molecule has 0 atom stereocenters. The Morgan fingerprint density at radius 1 is 1.16 bits per heavy atom. The van der Waals surface area contributed by atoms with Crippen LogP contribution < -0.4 is 14.8 Å². The Labute approximate surface area is 162 Å². The van der Waals surface area contributed by atoms with E-state index < -0.39 is 0 Å². The fourth-order valence-electron chi connectivity index (χ4n) is 2.25. The van der Waals surface area contributed by atoms with E-state index in [0.717, 1.165) is 20.4 Å². The number of carbonyl (C=O) groups excluding carboxylic acids is 1. The molecule has 2 aromatic carbocycles. The molecule has 0 spiro atoms. The summed E-state index contributed by atoms with van der Waals surface area (Å²) in [6, 6.07) is 11.5. The highest BCUT2D eigenvalue weighted by atomic mass is 127. The third-order valence-corrected chi connectivity index (χ3v) is 4.09. The standard InChI is InChI=1S/C20H22INO3/c1-13(2)25-18-9-5-15(12-19(18)24-4)6-10-20(23)22-17-8-7-16(21)11-14(17)3/h5-13H,1-4H3,(H,22,23). The summed E-state index contributed by atoms with van der Waals surface area (Å²) in [5.41, 5.74) is 2.71. The molecule has 1 amide bonds. The molecular weight excluding hydrogens is 429 g/mol. The zero-order valence-electron chi connectivity index (χ0n) is 14.8. The molecule has 0 bridgehead atoms. The first-order chi connectivity index (χ1) is 11.9. The molecule has 0 fully saturated rings. The molecule has 0 aromatic heterocycles. The van der Waals surface area contributed by atoms with Crippen molar-refractivity contribution < 1.29 is 14.3 Å². The zero-order valence-corrected chi connectivity index (χ0v) is 17.0. The largest absolute Gasteiger partial charge is 0.493 e. The molecule has 0 saturated carbocycles. The summed E-state index contributed by atoms with van der Waals surface area (Å²) in [5.74, 6) is 1.16. The zero-order chi connectivity index (χ0) is 18.4. The van der Waals surface area contributed by atoms with Crippen LogP contribution in [0.3, 0.4) is 0 Å². The molecule has 132 valence electrons. The minimum atomic E-state index is -0.175. The lowest BCUT2D eigenvalue weighted by molar-refractivity contribution is -0.111. The summed E-state index contributed by atoms with van der Waals surface area (Å²) in [7, 11) is 1.60. The summed E-state index contributed by atoms with van der Waals surface area (Å²) in [6.45, 7) is 5.90. The average molecular weight is 451 g/mol. The molecule has 0 aliphatic carbocycles. The number of anilines is 1. The Morgan fingerprint density at radius 3 is 2.56 bits per heavy atom. The van der Waals surface area contributed by atoms with Crippen molar-refractivity contribution in [1.29, 1.82) is 0 Å². The Hall–Kier alpha value is -2.02. The van der Waals surface area contributed by atoms with Crippen molar-refractivity contribution in [1.82, 2.24) is 0 Å². The number of hydrogen-bond acceptors (Lipinski definition) is 3. The van der Waals surface area contributed by atoms with E-state index in [4.69, 9.17) is 9.47 Å². The summed E-state index contributed by atoms with van der Waals surface area (Å²) in [6.07, 6.45) is 3.33. The van der Waals surface area contributed by atoms with Crippen LogP contribution in [0.5, 0.6) is 11.5 Å². The van der Waals surface area contributed by atoms with Crippen molar-refractivity contribution in [2.24, 2.45) is 0 Å². The molecule has 25 heavy (non-hydrogen) atoms. The fourth-order valence-corrected chi connectivity index (χ4v) is 2.90. The quantitative estimate of drug-likeness (QED) is 0.494. The number of benzene rings is 2. The van der Waals surface area contributed by atoms with Crippen LogP contribution in [0.25, 0.3) is 6.08 Å². The van der Waals surface area contributed by atoms with Crippen molar-refractivity contribution in [3.8, 4) is 11.5 Å². The minimum Gasteiger partial charge on any atom is -0.493 e. The highest BCUT2D eigenvalue weighted by Crippen LogP contribution is 2.29. The maximum atomic E-state index is 12.1. The monoisotopic (exact) mass is 451 g/mol. The highest BCUT2D eigenvalue weighted by molar-refractivity contribution is 14.1. The van der Waals surface area contributed by atoms with Gasteiger partial charge < -0.3 is 14.8 Å². The van der Waals surface area contributed by atoms with E-state index in [1.807, 2.05) is 57.2 Å². The van der Waals surface area contributed by atoms with Gasteiger partial charge in [-0.1, -0.05) is 6.07 Å². The maximum Gasteiger partial charge on any atom is 0.248 e. The number of methoxy groups -OCH3 is 1. The normalized spacial score (nSPS) is 11.0. The Bertz CT molecular complexity index is 785. The first-order valence-electron chi connectivity index (χ1n) is 7.99. The maximum absolute atomic E-state index is 12.1. The van der Waals surface area contributed by atoms with Crippen molar-refractivity contribution in [3.05, 3.63) is 57.2 Å². The lowest BCUT2D eigenvalue weighted by Crippen LogP contribution is -2.09. The van der Waals surface area contributed by atoms with E-state index in [2.05, 4.69) is 27.9 Å². The number of carbonyl (C=O) groups is 1. The molecule has 0 heterocycles. The van der Waals surface area contributed by atoms with E-state index in [-0.39, 0.29) is 12.0 Å². The average Bonchev–Trinajstić information content (AvgIpc) is 2.56. The lowest BCUT2D eigenvalue weighted by Gasteiger charge is -2.13. The van der Waals surface area contributed by atoms with Crippen LogP contribution in [0.1, 0.15) is 25.0 Å². The van der Waals surface area contributed by atoms with Crippen LogP contribution in [-0.2, 0) is 4.79 Å². The number of hydrogen-bond donors (Lipinski definition) is 1. The number of nitrogens with one attached hydrogen (secondary N) is 1. The second-order valence-corrected chi connectivity index (χ2v) is 7.10. The van der Waals surface area contributed by atoms with Gasteiger partial charge >= 0.3 is 0 Å². The molecule has 0 radical (unpaired) electrons. The van der Waals surface area contributed by atoms with Crippen molar-refractivity contribution in [2.45, 2.75) is 26.9 Å². The third kappa shape index (κ3) is 5.77. The molecule has 1 N–H and O–H groups in total. The molecular formula is C20H22INO3. The van der Waals surface area contributed by atoms with Gasteiger partial charge in [0, 0.05) is 15.3 Å². The molecule has 0 unspecified atom stereocenters. The number of amides is 1. The molecule has 0 aliphatic heterocycles. The molecule has 5 heteroatoms. The minimum absolute atomic E-state index is 0.0678. The predicted molar refractivity (Wildman–Crippen MR) is 110 cm³/mol. The first-order valence-corrected chi connectivity index (χ1v) is 9.07. The van der Waals surface area contributed by atoms with Gasteiger partial charge in [-0.2, -0.15) is 0 Å². The van der Waals surface area contributed by atoms with E-state index in [9.17, 15) is 4.79 Å². The molecule has 0 aliphatic rings. The summed E-state index contributed by atoms with van der Waals surface area (Å²) >= 11 is 2.25. The van der Waals surface area contributed by atoms with Gasteiger partial charge in [0.25, 0.3) is 0 Å². The fraction of sp³-hybridized carbons (Fsp3) is 0.250. The third-order valence-electron chi connectivity index (χ3n) is 3.42. The van der Waals surface area contributed by atoms with Crippen molar-refractivity contribution in [3.63, 3.8) is 0 Å². The van der Waals surface area contributed by atoms with E-state index in [1.165, 1.54) is 6.08 Å². The van der Waals surface area contributed by atoms with E-state index in [0.29, 0.717) is 11.5 Å².